The molecule has 8 nitrogen and oxygen atoms in total. The Bertz CT molecular complexity index is 1020. The summed E-state index contributed by atoms with van der Waals surface area (Å²) < 4.78 is 10.1. The van der Waals surface area contributed by atoms with Gasteiger partial charge in [-0.15, -0.1) is 0 Å². The first kappa shape index (κ1) is 19.9. The minimum atomic E-state index is -0.550. The largest absolute Gasteiger partial charge is 0.507 e. The maximum atomic E-state index is 12.7. The summed E-state index contributed by atoms with van der Waals surface area (Å²) in [4.78, 5) is 37.9. The van der Waals surface area contributed by atoms with E-state index < -0.39 is 11.8 Å². The summed E-state index contributed by atoms with van der Waals surface area (Å²) in [5.41, 5.74) is 1.55. The molecule has 3 rings (SSSR count). The normalized spacial score (nSPS) is 12.3. The summed E-state index contributed by atoms with van der Waals surface area (Å²) in [5.74, 6) is -1.38. The fraction of sp³-hybridized carbons (Fsp3) is 0.238. The fourth-order valence-electron chi connectivity index (χ4n) is 3.01. The molecule has 1 heterocycles. The van der Waals surface area contributed by atoms with Crippen molar-refractivity contribution in [1.82, 2.24) is 4.90 Å². The Labute approximate surface area is 166 Å². The van der Waals surface area contributed by atoms with E-state index in [9.17, 15) is 19.5 Å². The number of aromatic hydroxyl groups is 1. The summed E-state index contributed by atoms with van der Waals surface area (Å²) in [6, 6.07) is 10.8. The highest BCUT2D eigenvalue weighted by Gasteiger charge is 2.29. The molecule has 0 atom stereocenters. The molecule has 1 amide bonds. The van der Waals surface area contributed by atoms with Crippen LogP contribution in [0.15, 0.2) is 36.4 Å². The molecule has 0 saturated carbocycles. The van der Waals surface area contributed by atoms with E-state index in [1.165, 1.54) is 23.1 Å². The SMILES string of the molecule is CCOC(=O)COc1ccc(O)c(C(=O)CN2Cc3cc(C#N)ccc3C2=O)c1. The average molecular weight is 394 g/mol. The van der Waals surface area contributed by atoms with Crippen LogP contribution >= 0.6 is 0 Å². The van der Waals surface area contributed by atoms with Crippen molar-refractivity contribution in [3.63, 3.8) is 0 Å². The van der Waals surface area contributed by atoms with Crippen molar-refractivity contribution in [2.45, 2.75) is 13.5 Å². The first-order valence-electron chi connectivity index (χ1n) is 8.90. The average Bonchev–Trinajstić information content (AvgIpc) is 3.02. The van der Waals surface area contributed by atoms with Crippen molar-refractivity contribution in [3.8, 4) is 17.6 Å². The van der Waals surface area contributed by atoms with Crippen LogP contribution in [0.1, 0.15) is 38.8 Å². The molecule has 0 spiro atoms. The Morgan fingerprint density at radius 2 is 2.03 bits per heavy atom. The van der Waals surface area contributed by atoms with Gasteiger partial charge in [-0.3, -0.25) is 9.59 Å². The molecule has 29 heavy (non-hydrogen) atoms. The van der Waals surface area contributed by atoms with Gasteiger partial charge in [0.25, 0.3) is 5.91 Å². The molecular formula is C21H18N2O6. The second kappa shape index (κ2) is 8.44. The molecule has 0 radical (unpaired) electrons. The third kappa shape index (κ3) is 4.35. The molecule has 2 aromatic rings. The lowest BCUT2D eigenvalue weighted by Crippen LogP contribution is -2.30. The third-order valence-electron chi connectivity index (χ3n) is 4.38. The number of carbonyl (C=O) groups is 3. The number of phenolic OH excluding ortho intramolecular Hbond substituents is 1. The molecule has 1 aliphatic rings. The number of nitrogens with zero attached hydrogens (tertiary/aromatic N) is 2. The topological polar surface area (TPSA) is 117 Å². The predicted octanol–water partition coefficient (Wildman–Crippen LogP) is 2.04. The van der Waals surface area contributed by atoms with Gasteiger partial charge in [0.2, 0.25) is 0 Å². The molecule has 2 aromatic carbocycles. The molecule has 148 valence electrons. The molecule has 0 saturated heterocycles. The van der Waals surface area contributed by atoms with E-state index in [0.29, 0.717) is 16.7 Å². The number of carbonyl (C=O) groups excluding carboxylic acids is 3. The summed E-state index contributed by atoms with van der Waals surface area (Å²) in [6.45, 7) is 1.53. The van der Waals surface area contributed by atoms with Crippen LogP contribution in [0.25, 0.3) is 0 Å². The van der Waals surface area contributed by atoms with Gasteiger partial charge in [-0.2, -0.15) is 5.26 Å². The van der Waals surface area contributed by atoms with Gasteiger partial charge in [0, 0.05) is 12.1 Å². The van der Waals surface area contributed by atoms with Crippen LogP contribution in [0.4, 0.5) is 0 Å². The number of hydrogen-bond acceptors (Lipinski definition) is 7. The highest BCUT2D eigenvalue weighted by molar-refractivity contribution is 6.05. The number of ketones is 1. The Balaban J connectivity index is 1.71. The molecule has 1 N–H and O–H groups in total. The van der Waals surface area contributed by atoms with Crippen LogP contribution in [0.2, 0.25) is 0 Å². The van der Waals surface area contributed by atoms with Crippen molar-refractivity contribution < 1.29 is 29.0 Å². The van der Waals surface area contributed by atoms with E-state index in [2.05, 4.69) is 0 Å². The number of benzene rings is 2. The molecule has 0 aromatic heterocycles. The van der Waals surface area contributed by atoms with Gasteiger partial charge < -0.3 is 19.5 Å². The Morgan fingerprint density at radius 1 is 1.24 bits per heavy atom. The molecule has 8 heteroatoms. The van der Waals surface area contributed by atoms with Crippen LogP contribution in [-0.2, 0) is 16.1 Å². The van der Waals surface area contributed by atoms with E-state index in [1.807, 2.05) is 6.07 Å². The predicted molar refractivity (Wildman–Crippen MR) is 100 cm³/mol. The lowest BCUT2D eigenvalue weighted by molar-refractivity contribution is -0.145. The quantitative estimate of drug-likeness (QED) is 0.564. The van der Waals surface area contributed by atoms with E-state index in [-0.39, 0.29) is 49.3 Å². The number of rotatable bonds is 7. The maximum Gasteiger partial charge on any atom is 0.344 e. The van der Waals surface area contributed by atoms with Crippen molar-refractivity contribution in [2.75, 3.05) is 19.8 Å². The van der Waals surface area contributed by atoms with Crippen molar-refractivity contribution in [3.05, 3.63) is 58.7 Å². The Kier molecular flexibility index (Phi) is 5.79. The highest BCUT2D eigenvalue weighted by atomic mass is 16.6. The minimum absolute atomic E-state index is 0.0205. The number of nitriles is 1. The zero-order chi connectivity index (χ0) is 21.0. The van der Waals surface area contributed by atoms with Gasteiger partial charge in [-0.05, 0) is 48.9 Å². The number of hydrogen-bond donors (Lipinski definition) is 1. The number of fused-ring (bicyclic) bond motifs is 1. The molecule has 0 aliphatic carbocycles. The standard InChI is InChI=1S/C21H18N2O6/c1-2-28-20(26)12-29-15-4-6-18(24)17(8-15)19(25)11-23-10-14-7-13(9-22)3-5-16(14)21(23)27/h3-8,24H,2,10-12H2,1H3. The van der Waals surface area contributed by atoms with Crippen LogP contribution in [0.5, 0.6) is 11.5 Å². The number of ether oxygens (including phenoxy) is 2. The van der Waals surface area contributed by atoms with E-state index in [4.69, 9.17) is 14.7 Å². The zero-order valence-corrected chi connectivity index (χ0v) is 15.7. The van der Waals surface area contributed by atoms with Gasteiger partial charge in [-0.25, -0.2) is 4.79 Å². The molecule has 0 unspecified atom stereocenters. The van der Waals surface area contributed by atoms with Crippen LogP contribution in [0, 0.1) is 11.3 Å². The second-order valence-corrected chi connectivity index (χ2v) is 6.34. The highest BCUT2D eigenvalue weighted by Crippen LogP contribution is 2.27. The van der Waals surface area contributed by atoms with E-state index >= 15 is 0 Å². The summed E-state index contributed by atoms with van der Waals surface area (Å²) in [5, 5.41) is 19.0. The monoisotopic (exact) mass is 394 g/mol. The van der Waals surface area contributed by atoms with E-state index in [0.717, 1.165) is 0 Å². The molecule has 0 bridgehead atoms. The molecular weight excluding hydrogens is 376 g/mol. The first-order valence-corrected chi connectivity index (χ1v) is 8.90. The Morgan fingerprint density at radius 3 is 2.76 bits per heavy atom. The van der Waals surface area contributed by atoms with Gasteiger partial charge in [0.15, 0.2) is 12.4 Å². The summed E-state index contributed by atoms with van der Waals surface area (Å²) >= 11 is 0. The minimum Gasteiger partial charge on any atom is -0.507 e. The number of phenols is 1. The maximum absolute atomic E-state index is 12.7. The van der Waals surface area contributed by atoms with Gasteiger partial charge >= 0.3 is 5.97 Å². The lowest BCUT2D eigenvalue weighted by Gasteiger charge is -2.15. The Hall–Kier alpha value is -3.86. The smallest absolute Gasteiger partial charge is 0.344 e. The van der Waals surface area contributed by atoms with Gasteiger partial charge in [-0.1, -0.05) is 0 Å². The second-order valence-electron chi connectivity index (χ2n) is 6.34. The van der Waals surface area contributed by atoms with Crippen LogP contribution < -0.4 is 4.74 Å². The summed E-state index contributed by atoms with van der Waals surface area (Å²) in [7, 11) is 0. The zero-order valence-electron chi connectivity index (χ0n) is 15.7. The molecule has 0 fully saturated rings. The number of amides is 1. The lowest BCUT2D eigenvalue weighted by atomic mass is 10.1. The fourth-order valence-corrected chi connectivity index (χ4v) is 3.01. The number of esters is 1. The first-order chi connectivity index (χ1) is 13.9. The van der Waals surface area contributed by atoms with Crippen molar-refractivity contribution >= 4 is 17.7 Å². The van der Waals surface area contributed by atoms with Gasteiger partial charge in [0.05, 0.1) is 30.3 Å². The van der Waals surface area contributed by atoms with Gasteiger partial charge in [0.1, 0.15) is 11.5 Å². The van der Waals surface area contributed by atoms with Crippen molar-refractivity contribution in [1.29, 1.82) is 5.26 Å². The van der Waals surface area contributed by atoms with E-state index in [1.54, 1.807) is 25.1 Å². The number of Topliss-reactive ketones (excluding diaryl/α,β-unsaturated/α-hetero) is 1. The summed E-state index contributed by atoms with van der Waals surface area (Å²) in [6.07, 6.45) is 0. The van der Waals surface area contributed by atoms with Crippen LogP contribution in [-0.4, -0.2) is 47.4 Å². The third-order valence-corrected chi connectivity index (χ3v) is 4.38. The van der Waals surface area contributed by atoms with Crippen LogP contribution in [0.3, 0.4) is 0 Å². The molecule has 1 aliphatic heterocycles. The van der Waals surface area contributed by atoms with Crippen molar-refractivity contribution in [2.24, 2.45) is 0 Å².